The molecule has 2 aromatic rings. The largest absolute Gasteiger partial charge is 0.420 e. The van der Waals surface area contributed by atoms with Gasteiger partial charge < -0.3 is 15.0 Å². The minimum absolute atomic E-state index is 0.369. The molecule has 0 saturated carbocycles. The van der Waals surface area contributed by atoms with Gasteiger partial charge in [0.25, 0.3) is 0 Å². The highest BCUT2D eigenvalue weighted by molar-refractivity contribution is 5.91. The molecule has 0 aromatic heterocycles. The van der Waals surface area contributed by atoms with E-state index in [0.717, 1.165) is 11.1 Å². The molecule has 0 aliphatic carbocycles. The zero-order valence-corrected chi connectivity index (χ0v) is 13.8. The number of urea groups is 1. The average Bonchev–Trinajstić information content (AvgIpc) is 2.56. The fourth-order valence-corrected chi connectivity index (χ4v) is 2.01. The highest BCUT2D eigenvalue weighted by Crippen LogP contribution is 2.21. The van der Waals surface area contributed by atoms with Gasteiger partial charge in [-0.25, -0.2) is 14.9 Å². The highest BCUT2D eigenvalue weighted by atomic mass is 16.6. The summed E-state index contributed by atoms with van der Waals surface area (Å²) in [4.78, 5) is 25.1. The SMILES string of the molecule is CN(C)CCNC(=O)NC(=O)Oc1ccc(-c2ccccc2)cc1. The van der Waals surface area contributed by atoms with E-state index in [4.69, 9.17) is 4.74 Å². The van der Waals surface area contributed by atoms with Crippen LogP contribution in [-0.4, -0.2) is 44.2 Å². The Balaban J connectivity index is 1.83. The molecule has 24 heavy (non-hydrogen) atoms. The van der Waals surface area contributed by atoms with Crippen LogP contribution in [0.2, 0.25) is 0 Å². The standard InChI is InChI=1S/C18H21N3O3/c1-21(2)13-12-19-17(22)20-18(23)24-16-10-8-15(9-11-16)14-6-4-3-5-7-14/h3-11H,12-13H2,1-2H3,(H2,19,20,22,23). The monoisotopic (exact) mass is 327 g/mol. The highest BCUT2D eigenvalue weighted by Gasteiger charge is 2.09. The maximum atomic E-state index is 11.7. The quantitative estimate of drug-likeness (QED) is 0.886. The lowest BCUT2D eigenvalue weighted by atomic mass is 10.1. The van der Waals surface area contributed by atoms with E-state index in [2.05, 4.69) is 10.6 Å². The molecule has 0 heterocycles. The predicted molar refractivity (Wildman–Crippen MR) is 93.0 cm³/mol. The first-order valence-electron chi connectivity index (χ1n) is 7.61. The number of benzene rings is 2. The van der Waals surface area contributed by atoms with Crippen molar-refractivity contribution in [3.8, 4) is 16.9 Å². The van der Waals surface area contributed by atoms with Crippen molar-refractivity contribution in [1.29, 1.82) is 0 Å². The van der Waals surface area contributed by atoms with E-state index in [0.29, 0.717) is 18.8 Å². The first kappa shape index (κ1) is 17.5. The molecule has 0 fully saturated rings. The van der Waals surface area contributed by atoms with Gasteiger partial charge in [0, 0.05) is 13.1 Å². The van der Waals surface area contributed by atoms with Crippen LogP contribution < -0.4 is 15.4 Å². The van der Waals surface area contributed by atoms with E-state index >= 15 is 0 Å². The Hall–Kier alpha value is -2.86. The lowest BCUT2D eigenvalue weighted by molar-refractivity contribution is 0.197. The van der Waals surface area contributed by atoms with Gasteiger partial charge in [-0.3, -0.25) is 0 Å². The smallest absolute Gasteiger partial charge is 0.410 e. The van der Waals surface area contributed by atoms with Crippen LogP contribution in [0.4, 0.5) is 9.59 Å². The van der Waals surface area contributed by atoms with Crippen LogP contribution in [0.25, 0.3) is 11.1 Å². The Kier molecular flexibility index (Phi) is 6.33. The molecule has 2 rings (SSSR count). The summed E-state index contributed by atoms with van der Waals surface area (Å²) in [6.45, 7) is 1.13. The normalized spacial score (nSPS) is 10.3. The van der Waals surface area contributed by atoms with Gasteiger partial charge in [-0.15, -0.1) is 0 Å². The summed E-state index contributed by atoms with van der Waals surface area (Å²) in [7, 11) is 3.79. The molecule has 0 aliphatic heterocycles. The predicted octanol–water partition coefficient (Wildman–Crippen LogP) is 2.71. The summed E-state index contributed by atoms with van der Waals surface area (Å²) in [5.74, 6) is 0.369. The molecule has 2 aromatic carbocycles. The molecule has 0 saturated heterocycles. The average molecular weight is 327 g/mol. The number of ether oxygens (including phenoxy) is 1. The van der Waals surface area contributed by atoms with E-state index in [1.54, 1.807) is 12.1 Å². The molecule has 0 aliphatic rings. The van der Waals surface area contributed by atoms with Crippen molar-refractivity contribution in [2.45, 2.75) is 0 Å². The molecule has 0 radical (unpaired) electrons. The third-order valence-corrected chi connectivity index (χ3v) is 3.23. The first-order chi connectivity index (χ1) is 11.5. The Morgan fingerprint density at radius 1 is 0.958 bits per heavy atom. The Morgan fingerprint density at radius 3 is 2.21 bits per heavy atom. The molecule has 126 valence electrons. The Morgan fingerprint density at radius 2 is 1.58 bits per heavy atom. The number of hydrogen-bond donors (Lipinski definition) is 2. The van der Waals surface area contributed by atoms with E-state index in [9.17, 15) is 9.59 Å². The third-order valence-electron chi connectivity index (χ3n) is 3.23. The third kappa shape index (κ3) is 5.73. The molecule has 6 heteroatoms. The van der Waals surface area contributed by atoms with E-state index in [1.807, 2.05) is 61.5 Å². The zero-order valence-electron chi connectivity index (χ0n) is 13.8. The fraction of sp³-hybridized carbons (Fsp3) is 0.222. The molecule has 3 amide bonds. The summed E-state index contributed by atoms with van der Waals surface area (Å²) in [5, 5.41) is 4.69. The van der Waals surface area contributed by atoms with Crippen molar-refractivity contribution in [3.05, 3.63) is 54.6 Å². The molecule has 0 spiro atoms. The van der Waals surface area contributed by atoms with Crippen LogP contribution in [-0.2, 0) is 0 Å². The summed E-state index contributed by atoms with van der Waals surface area (Å²) >= 11 is 0. The van der Waals surface area contributed by atoms with Gasteiger partial charge in [0.2, 0.25) is 0 Å². The number of amides is 3. The van der Waals surface area contributed by atoms with Crippen LogP contribution in [0, 0.1) is 0 Å². The molecule has 2 N–H and O–H groups in total. The van der Waals surface area contributed by atoms with E-state index in [1.165, 1.54) is 0 Å². The van der Waals surface area contributed by atoms with Crippen LogP contribution >= 0.6 is 0 Å². The van der Waals surface area contributed by atoms with Crippen molar-refractivity contribution in [3.63, 3.8) is 0 Å². The summed E-state index contributed by atoms with van der Waals surface area (Å²) in [6, 6.07) is 16.4. The number of nitrogens with one attached hydrogen (secondary N) is 2. The second-order valence-electron chi connectivity index (χ2n) is 5.46. The van der Waals surface area contributed by atoms with Crippen LogP contribution in [0.5, 0.6) is 5.75 Å². The lowest BCUT2D eigenvalue weighted by Crippen LogP contribution is -2.43. The van der Waals surface area contributed by atoms with Gasteiger partial charge >= 0.3 is 12.1 Å². The Bertz CT molecular complexity index is 670. The van der Waals surface area contributed by atoms with Crippen LogP contribution in [0.15, 0.2) is 54.6 Å². The van der Waals surface area contributed by atoms with Crippen molar-refractivity contribution < 1.29 is 14.3 Å². The summed E-state index contributed by atoms with van der Waals surface area (Å²) < 4.78 is 5.08. The second kappa shape index (κ2) is 8.69. The topological polar surface area (TPSA) is 70.7 Å². The van der Waals surface area contributed by atoms with Crippen molar-refractivity contribution >= 4 is 12.1 Å². The van der Waals surface area contributed by atoms with Crippen molar-refractivity contribution in [2.75, 3.05) is 27.2 Å². The van der Waals surface area contributed by atoms with Gasteiger partial charge in [-0.05, 0) is 37.4 Å². The number of carbonyl (C=O) groups excluding carboxylic acids is 2. The summed E-state index contributed by atoms with van der Waals surface area (Å²) in [5.41, 5.74) is 2.10. The number of imide groups is 1. The van der Waals surface area contributed by atoms with Gasteiger partial charge in [0.05, 0.1) is 0 Å². The van der Waals surface area contributed by atoms with Crippen molar-refractivity contribution in [1.82, 2.24) is 15.5 Å². The van der Waals surface area contributed by atoms with Gasteiger partial charge in [-0.2, -0.15) is 0 Å². The number of nitrogens with zero attached hydrogens (tertiary/aromatic N) is 1. The Labute approximate surface area is 141 Å². The molecule has 0 unspecified atom stereocenters. The van der Waals surface area contributed by atoms with E-state index in [-0.39, 0.29) is 0 Å². The molecule has 6 nitrogen and oxygen atoms in total. The molecule has 0 bridgehead atoms. The van der Waals surface area contributed by atoms with Crippen LogP contribution in [0.1, 0.15) is 0 Å². The fourth-order valence-electron chi connectivity index (χ4n) is 2.01. The first-order valence-corrected chi connectivity index (χ1v) is 7.61. The number of hydrogen-bond acceptors (Lipinski definition) is 4. The maximum absolute atomic E-state index is 11.7. The van der Waals surface area contributed by atoms with Gasteiger partial charge in [0.1, 0.15) is 5.75 Å². The number of carbonyl (C=O) groups is 2. The number of likely N-dealkylation sites (N-methyl/N-ethyl adjacent to an activating group) is 1. The minimum atomic E-state index is -0.815. The number of rotatable bonds is 5. The van der Waals surface area contributed by atoms with Crippen LogP contribution in [0.3, 0.4) is 0 Å². The molecular formula is C18H21N3O3. The molecular weight excluding hydrogens is 306 g/mol. The minimum Gasteiger partial charge on any atom is -0.410 e. The van der Waals surface area contributed by atoms with Crippen molar-refractivity contribution in [2.24, 2.45) is 0 Å². The summed E-state index contributed by atoms with van der Waals surface area (Å²) in [6.07, 6.45) is -0.815. The maximum Gasteiger partial charge on any atom is 0.420 e. The van der Waals surface area contributed by atoms with Gasteiger partial charge in [0.15, 0.2) is 0 Å². The molecule has 0 atom stereocenters. The second-order valence-corrected chi connectivity index (χ2v) is 5.46. The zero-order chi connectivity index (χ0) is 17.4. The van der Waals surface area contributed by atoms with Gasteiger partial charge in [-0.1, -0.05) is 42.5 Å². The van der Waals surface area contributed by atoms with E-state index < -0.39 is 12.1 Å². The lowest BCUT2D eigenvalue weighted by Gasteiger charge is -2.11.